The van der Waals surface area contributed by atoms with Crippen molar-refractivity contribution in [2.24, 2.45) is 0 Å². The minimum Gasteiger partial charge on any atom is -0.383 e. The van der Waals surface area contributed by atoms with Crippen LogP contribution >= 0.6 is 15.9 Å². The summed E-state index contributed by atoms with van der Waals surface area (Å²) < 4.78 is 5.22. The van der Waals surface area contributed by atoms with Crippen molar-refractivity contribution in [3.63, 3.8) is 0 Å². The van der Waals surface area contributed by atoms with Gasteiger partial charge >= 0.3 is 0 Å². The van der Waals surface area contributed by atoms with Crippen LogP contribution in [-0.4, -0.2) is 31.3 Å². The van der Waals surface area contributed by atoms with Crippen LogP contribution < -0.4 is 4.90 Å². The molecule has 1 atom stereocenters. The Morgan fingerprint density at radius 3 is 2.71 bits per heavy atom. The zero-order valence-electron chi connectivity index (χ0n) is 11.0. The number of alkyl halides is 1. The number of hydrogen-bond acceptors (Lipinski definition) is 3. The van der Waals surface area contributed by atoms with E-state index in [4.69, 9.17) is 4.74 Å². The lowest BCUT2D eigenvalue weighted by atomic mass is 10.2. The normalized spacial score (nSPS) is 12.5. The van der Waals surface area contributed by atoms with E-state index in [2.05, 4.69) is 52.7 Å². The Labute approximate surface area is 112 Å². The number of rotatable bonds is 6. The van der Waals surface area contributed by atoms with Gasteiger partial charge in [-0.05, 0) is 31.9 Å². The SMILES string of the molecule is CCN(c1ncc(CBr)cc1C)C(C)COC. The molecule has 1 aromatic rings. The zero-order chi connectivity index (χ0) is 12.8. The molecule has 96 valence electrons. The maximum atomic E-state index is 5.22. The van der Waals surface area contributed by atoms with Crippen LogP contribution in [0.3, 0.4) is 0 Å². The quantitative estimate of drug-likeness (QED) is 0.755. The van der Waals surface area contributed by atoms with Crippen molar-refractivity contribution in [1.29, 1.82) is 0 Å². The van der Waals surface area contributed by atoms with Crippen molar-refractivity contribution in [2.45, 2.75) is 32.1 Å². The van der Waals surface area contributed by atoms with E-state index in [0.29, 0.717) is 6.04 Å². The van der Waals surface area contributed by atoms with Gasteiger partial charge in [0.25, 0.3) is 0 Å². The lowest BCUT2D eigenvalue weighted by Gasteiger charge is -2.30. The van der Waals surface area contributed by atoms with Crippen LogP contribution in [0.25, 0.3) is 0 Å². The Kier molecular flexibility index (Phi) is 5.92. The van der Waals surface area contributed by atoms with Gasteiger partial charge in [-0.3, -0.25) is 0 Å². The Balaban J connectivity index is 2.95. The van der Waals surface area contributed by atoms with Crippen molar-refractivity contribution in [1.82, 2.24) is 4.98 Å². The molecule has 1 aromatic heterocycles. The molecular formula is C13H21BrN2O. The van der Waals surface area contributed by atoms with E-state index >= 15 is 0 Å². The molecule has 0 saturated carbocycles. The van der Waals surface area contributed by atoms with Gasteiger partial charge in [0.2, 0.25) is 0 Å². The number of methoxy groups -OCH3 is 1. The number of ether oxygens (including phenoxy) is 1. The lowest BCUT2D eigenvalue weighted by molar-refractivity contribution is 0.181. The number of aryl methyl sites for hydroxylation is 1. The van der Waals surface area contributed by atoms with Gasteiger partial charge in [0, 0.05) is 25.2 Å². The first-order chi connectivity index (χ1) is 8.13. The summed E-state index contributed by atoms with van der Waals surface area (Å²) in [5.41, 5.74) is 2.42. The molecule has 1 rings (SSSR count). The number of nitrogens with zero attached hydrogens (tertiary/aromatic N) is 2. The van der Waals surface area contributed by atoms with Crippen LogP contribution in [0.5, 0.6) is 0 Å². The number of anilines is 1. The fraction of sp³-hybridized carbons (Fsp3) is 0.615. The van der Waals surface area contributed by atoms with Gasteiger partial charge in [-0.25, -0.2) is 4.98 Å². The van der Waals surface area contributed by atoms with Crippen molar-refractivity contribution >= 4 is 21.7 Å². The van der Waals surface area contributed by atoms with Crippen LogP contribution in [0, 0.1) is 6.92 Å². The molecule has 0 saturated heterocycles. The summed E-state index contributed by atoms with van der Waals surface area (Å²) in [7, 11) is 1.73. The van der Waals surface area contributed by atoms with Gasteiger partial charge in [-0.15, -0.1) is 0 Å². The molecule has 0 spiro atoms. The van der Waals surface area contributed by atoms with E-state index in [1.54, 1.807) is 7.11 Å². The molecule has 1 unspecified atom stereocenters. The summed E-state index contributed by atoms with van der Waals surface area (Å²) in [6.45, 7) is 8.07. The first-order valence-electron chi connectivity index (χ1n) is 5.91. The highest BCUT2D eigenvalue weighted by Crippen LogP contribution is 2.21. The second-order valence-electron chi connectivity index (χ2n) is 4.21. The highest BCUT2D eigenvalue weighted by Gasteiger charge is 2.15. The fourth-order valence-electron chi connectivity index (χ4n) is 2.00. The first kappa shape index (κ1) is 14.5. The Morgan fingerprint density at radius 2 is 2.24 bits per heavy atom. The predicted molar refractivity (Wildman–Crippen MR) is 76.0 cm³/mol. The van der Waals surface area contributed by atoms with Gasteiger partial charge in [-0.1, -0.05) is 22.0 Å². The molecule has 0 bridgehead atoms. The summed E-state index contributed by atoms with van der Waals surface area (Å²) >= 11 is 3.45. The van der Waals surface area contributed by atoms with Crippen LogP contribution in [0.15, 0.2) is 12.3 Å². The smallest absolute Gasteiger partial charge is 0.131 e. The van der Waals surface area contributed by atoms with Crippen LogP contribution in [0.4, 0.5) is 5.82 Å². The van der Waals surface area contributed by atoms with Gasteiger partial charge in [0.05, 0.1) is 12.6 Å². The average molecular weight is 301 g/mol. The monoisotopic (exact) mass is 300 g/mol. The second kappa shape index (κ2) is 6.97. The average Bonchev–Trinajstić information content (AvgIpc) is 2.32. The highest BCUT2D eigenvalue weighted by molar-refractivity contribution is 9.08. The molecule has 0 radical (unpaired) electrons. The van der Waals surface area contributed by atoms with E-state index in [1.165, 1.54) is 11.1 Å². The van der Waals surface area contributed by atoms with Crippen LogP contribution in [0.1, 0.15) is 25.0 Å². The van der Waals surface area contributed by atoms with Crippen molar-refractivity contribution < 1.29 is 4.74 Å². The molecule has 0 aliphatic carbocycles. The molecular weight excluding hydrogens is 280 g/mol. The maximum Gasteiger partial charge on any atom is 0.131 e. The van der Waals surface area contributed by atoms with E-state index in [1.807, 2.05) is 6.20 Å². The van der Waals surface area contributed by atoms with Crippen molar-refractivity contribution in [2.75, 3.05) is 25.2 Å². The molecule has 0 aliphatic heterocycles. The van der Waals surface area contributed by atoms with Crippen molar-refractivity contribution in [3.8, 4) is 0 Å². The summed E-state index contributed by atoms with van der Waals surface area (Å²) in [5.74, 6) is 1.06. The third-order valence-electron chi connectivity index (χ3n) is 2.81. The second-order valence-corrected chi connectivity index (χ2v) is 4.77. The van der Waals surface area contributed by atoms with E-state index in [-0.39, 0.29) is 0 Å². The number of pyridine rings is 1. The molecule has 0 aliphatic rings. The third-order valence-corrected chi connectivity index (χ3v) is 3.46. The zero-order valence-corrected chi connectivity index (χ0v) is 12.6. The molecule has 0 aromatic carbocycles. The topological polar surface area (TPSA) is 25.4 Å². The Bertz CT molecular complexity index is 357. The Hall–Kier alpha value is -0.610. The first-order valence-corrected chi connectivity index (χ1v) is 7.03. The highest BCUT2D eigenvalue weighted by atomic mass is 79.9. The van der Waals surface area contributed by atoms with Gasteiger partial charge in [0.1, 0.15) is 5.82 Å². The van der Waals surface area contributed by atoms with Gasteiger partial charge in [0.15, 0.2) is 0 Å². The third kappa shape index (κ3) is 3.68. The van der Waals surface area contributed by atoms with Gasteiger partial charge in [-0.2, -0.15) is 0 Å². The summed E-state index contributed by atoms with van der Waals surface area (Å²) in [4.78, 5) is 6.84. The molecule has 0 N–H and O–H groups in total. The maximum absolute atomic E-state index is 5.22. The molecule has 0 fully saturated rings. The fourth-order valence-corrected chi connectivity index (χ4v) is 2.31. The largest absolute Gasteiger partial charge is 0.383 e. The summed E-state index contributed by atoms with van der Waals surface area (Å²) in [6, 6.07) is 2.52. The van der Waals surface area contributed by atoms with Crippen LogP contribution in [0.2, 0.25) is 0 Å². The van der Waals surface area contributed by atoms with E-state index < -0.39 is 0 Å². The van der Waals surface area contributed by atoms with Crippen molar-refractivity contribution in [3.05, 3.63) is 23.4 Å². The summed E-state index contributed by atoms with van der Waals surface area (Å²) in [6.07, 6.45) is 1.93. The molecule has 3 nitrogen and oxygen atoms in total. The Morgan fingerprint density at radius 1 is 1.53 bits per heavy atom. The minimum absolute atomic E-state index is 0.339. The van der Waals surface area contributed by atoms with Crippen LogP contribution in [-0.2, 0) is 10.1 Å². The van der Waals surface area contributed by atoms with Gasteiger partial charge < -0.3 is 9.64 Å². The summed E-state index contributed by atoms with van der Waals surface area (Å²) in [5, 5.41) is 0.848. The molecule has 0 amide bonds. The minimum atomic E-state index is 0.339. The predicted octanol–water partition coefficient (Wildman–Crippen LogP) is 3.15. The van der Waals surface area contributed by atoms with E-state index in [0.717, 1.165) is 24.3 Å². The number of hydrogen-bond donors (Lipinski definition) is 0. The number of aromatic nitrogens is 1. The molecule has 1 heterocycles. The standard InChI is InChI=1S/C13H21BrN2O/c1-5-16(11(3)9-17-4)13-10(2)6-12(7-14)8-15-13/h6,8,11H,5,7,9H2,1-4H3. The number of halogens is 1. The number of likely N-dealkylation sites (N-methyl/N-ethyl adjacent to an activating group) is 1. The lowest BCUT2D eigenvalue weighted by Crippen LogP contribution is -2.37. The molecule has 4 heteroatoms. The molecule has 17 heavy (non-hydrogen) atoms. The van der Waals surface area contributed by atoms with E-state index in [9.17, 15) is 0 Å².